The van der Waals surface area contributed by atoms with Crippen LogP contribution in [0, 0.1) is 0 Å². The molecule has 0 saturated carbocycles. The van der Waals surface area contributed by atoms with Gasteiger partial charge in [-0.15, -0.1) is 0 Å². The van der Waals surface area contributed by atoms with Crippen molar-refractivity contribution in [3.05, 3.63) is 94.5 Å². The first-order chi connectivity index (χ1) is 12.6. The molecule has 2 amide bonds. The van der Waals surface area contributed by atoms with E-state index in [4.69, 9.17) is 11.6 Å². The van der Waals surface area contributed by atoms with Crippen molar-refractivity contribution in [2.75, 3.05) is 0 Å². The zero-order chi connectivity index (χ0) is 18.1. The highest BCUT2D eigenvalue weighted by Gasteiger charge is 2.41. The Labute approximate surface area is 155 Å². The van der Waals surface area contributed by atoms with Gasteiger partial charge in [-0.3, -0.25) is 24.5 Å². The topological polar surface area (TPSA) is 63.2 Å². The van der Waals surface area contributed by atoms with Crippen molar-refractivity contribution in [1.29, 1.82) is 0 Å². The number of rotatable bonds is 4. The van der Waals surface area contributed by atoms with E-state index < -0.39 is 6.04 Å². The van der Waals surface area contributed by atoms with Gasteiger partial charge < -0.3 is 0 Å². The molecule has 5 nitrogen and oxygen atoms in total. The van der Waals surface area contributed by atoms with Crippen LogP contribution in [0.4, 0.5) is 0 Å². The molecule has 26 heavy (non-hydrogen) atoms. The van der Waals surface area contributed by atoms with Gasteiger partial charge in [0.1, 0.15) is 0 Å². The maximum absolute atomic E-state index is 12.9. The fourth-order valence-electron chi connectivity index (χ4n) is 3.14. The number of hydrogen-bond donors (Lipinski definition) is 0. The van der Waals surface area contributed by atoms with E-state index in [9.17, 15) is 9.59 Å². The van der Waals surface area contributed by atoms with Crippen LogP contribution >= 0.6 is 11.6 Å². The van der Waals surface area contributed by atoms with E-state index in [1.54, 1.807) is 48.8 Å². The van der Waals surface area contributed by atoms with Crippen LogP contribution in [0.15, 0.2) is 67.0 Å². The lowest BCUT2D eigenvalue weighted by Gasteiger charge is -2.25. The monoisotopic (exact) mass is 363 g/mol. The molecule has 0 saturated heterocycles. The lowest BCUT2D eigenvalue weighted by atomic mass is 10.0. The van der Waals surface area contributed by atoms with Crippen molar-refractivity contribution in [3.8, 4) is 0 Å². The van der Waals surface area contributed by atoms with E-state index in [0.29, 0.717) is 28.3 Å². The second-order valence-corrected chi connectivity index (χ2v) is 6.40. The van der Waals surface area contributed by atoms with Gasteiger partial charge in [0.2, 0.25) is 0 Å². The molecule has 4 rings (SSSR count). The number of benzene rings is 1. The van der Waals surface area contributed by atoms with Gasteiger partial charge >= 0.3 is 0 Å². The standard InChI is InChI=1S/C20H14ClN3O2/c21-13-8-10-23-17(11-13)18(12-14-5-3-4-9-22-14)24-19(25)15-6-1-2-7-16(15)20(24)26/h1-11,18H,12H2. The fraction of sp³-hybridized carbons (Fsp3) is 0.100. The molecular formula is C20H14ClN3O2. The average molecular weight is 364 g/mol. The van der Waals surface area contributed by atoms with Crippen LogP contribution in [-0.4, -0.2) is 26.7 Å². The maximum atomic E-state index is 12.9. The maximum Gasteiger partial charge on any atom is 0.262 e. The summed E-state index contributed by atoms with van der Waals surface area (Å²) in [7, 11) is 0. The Morgan fingerprint density at radius 2 is 1.58 bits per heavy atom. The van der Waals surface area contributed by atoms with Gasteiger partial charge in [-0.05, 0) is 36.4 Å². The third-order valence-electron chi connectivity index (χ3n) is 4.35. The number of aromatic nitrogens is 2. The normalized spacial score (nSPS) is 14.4. The Hall–Kier alpha value is -3.05. The van der Waals surface area contributed by atoms with Gasteiger partial charge in [-0.2, -0.15) is 0 Å². The molecule has 1 aliphatic rings. The summed E-state index contributed by atoms with van der Waals surface area (Å²) < 4.78 is 0. The van der Waals surface area contributed by atoms with Gasteiger partial charge in [-0.25, -0.2) is 0 Å². The summed E-state index contributed by atoms with van der Waals surface area (Å²) in [5.41, 5.74) is 2.13. The van der Waals surface area contributed by atoms with Crippen molar-refractivity contribution >= 4 is 23.4 Å². The predicted molar refractivity (Wildman–Crippen MR) is 96.9 cm³/mol. The zero-order valence-corrected chi connectivity index (χ0v) is 14.4. The molecule has 1 atom stereocenters. The highest BCUT2D eigenvalue weighted by atomic mass is 35.5. The summed E-state index contributed by atoms with van der Waals surface area (Å²) in [6, 6.07) is 15.1. The summed E-state index contributed by atoms with van der Waals surface area (Å²) in [5, 5.41) is 0.498. The number of nitrogens with zero attached hydrogens (tertiary/aromatic N) is 3. The molecule has 0 radical (unpaired) electrons. The highest BCUT2D eigenvalue weighted by Crippen LogP contribution is 2.33. The molecule has 6 heteroatoms. The molecule has 0 N–H and O–H groups in total. The second-order valence-electron chi connectivity index (χ2n) is 5.97. The molecule has 0 spiro atoms. The van der Waals surface area contributed by atoms with Crippen molar-refractivity contribution in [1.82, 2.24) is 14.9 Å². The SMILES string of the molecule is O=C1c2ccccc2C(=O)N1C(Cc1ccccn1)c1cc(Cl)ccn1. The number of fused-ring (bicyclic) bond motifs is 1. The number of carbonyl (C=O) groups is 2. The first-order valence-electron chi connectivity index (χ1n) is 8.13. The molecule has 1 aromatic carbocycles. The van der Waals surface area contributed by atoms with E-state index >= 15 is 0 Å². The van der Waals surface area contributed by atoms with Crippen LogP contribution in [0.1, 0.15) is 38.1 Å². The molecule has 0 fully saturated rings. The molecule has 128 valence electrons. The Kier molecular flexibility index (Phi) is 4.22. The summed E-state index contributed by atoms with van der Waals surface area (Å²) in [4.78, 5) is 35.8. The van der Waals surface area contributed by atoms with Crippen LogP contribution in [0.2, 0.25) is 5.02 Å². The minimum atomic E-state index is -0.587. The summed E-state index contributed by atoms with van der Waals surface area (Å²) in [5.74, 6) is -0.651. The van der Waals surface area contributed by atoms with Gasteiger partial charge in [0.05, 0.1) is 22.9 Å². The van der Waals surface area contributed by atoms with Crippen LogP contribution in [0.5, 0.6) is 0 Å². The molecule has 1 unspecified atom stereocenters. The van der Waals surface area contributed by atoms with Gasteiger partial charge in [0, 0.05) is 29.5 Å². The first-order valence-corrected chi connectivity index (χ1v) is 8.51. The number of hydrogen-bond acceptors (Lipinski definition) is 4. The molecule has 3 aromatic rings. The number of pyridine rings is 2. The van der Waals surface area contributed by atoms with E-state index in [1.165, 1.54) is 4.90 Å². The smallest absolute Gasteiger partial charge is 0.262 e. The summed E-state index contributed by atoms with van der Waals surface area (Å²) in [6.07, 6.45) is 3.61. The molecule has 2 aromatic heterocycles. The number of amides is 2. The van der Waals surface area contributed by atoms with E-state index in [2.05, 4.69) is 9.97 Å². The third-order valence-corrected chi connectivity index (χ3v) is 4.59. The molecule has 0 aliphatic carbocycles. The molecule has 0 bridgehead atoms. The van der Waals surface area contributed by atoms with Crippen LogP contribution in [0.3, 0.4) is 0 Å². The predicted octanol–water partition coefficient (Wildman–Crippen LogP) is 3.71. The van der Waals surface area contributed by atoms with E-state index in [-0.39, 0.29) is 11.8 Å². The minimum Gasteiger partial charge on any atom is -0.269 e. The lowest BCUT2D eigenvalue weighted by Crippen LogP contribution is -2.36. The molecule has 1 aliphatic heterocycles. The quantitative estimate of drug-likeness (QED) is 0.663. The second kappa shape index (κ2) is 6.69. The highest BCUT2D eigenvalue weighted by molar-refractivity contribution is 6.30. The minimum absolute atomic E-state index is 0.326. The Bertz CT molecular complexity index is 956. The summed E-state index contributed by atoms with van der Waals surface area (Å²) in [6.45, 7) is 0. The third kappa shape index (κ3) is 2.86. The summed E-state index contributed by atoms with van der Waals surface area (Å²) >= 11 is 6.12. The fourth-order valence-corrected chi connectivity index (χ4v) is 3.31. The number of imide groups is 1. The van der Waals surface area contributed by atoms with Crippen molar-refractivity contribution in [3.63, 3.8) is 0 Å². The lowest BCUT2D eigenvalue weighted by molar-refractivity contribution is 0.0577. The van der Waals surface area contributed by atoms with E-state index in [0.717, 1.165) is 5.69 Å². The number of halogens is 1. The van der Waals surface area contributed by atoms with Crippen molar-refractivity contribution < 1.29 is 9.59 Å². The average Bonchev–Trinajstić information content (AvgIpc) is 2.92. The molecular weight excluding hydrogens is 350 g/mol. The Balaban J connectivity index is 1.79. The molecule has 3 heterocycles. The van der Waals surface area contributed by atoms with Gasteiger partial charge in [0.15, 0.2) is 0 Å². The van der Waals surface area contributed by atoms with Crippen LogP contribution in [-0.2, 0) is 6.42 Å². The number of carbonyl (C=O) groups excluding carboxylic acids is 2. The van der Waals surface area contributed by atoms with E-state index in [1.807, 2.05) is 18.2 Å². The Morgan fingerprint density at radius 3 is 2.19 bits per heavy atom. The first kappa shape index (κ1) is 16.4. The van der Waals surface area contributed by atoms with Crippen LogP contribution in [0.25, 0.3) is 0 Å². The largest absolute Gasteiger partial charge is 0.269 e. The van der Waals surface area contributed by atoms with Crippen molar-refractivity contribution in [2.45, 2.75) is 12.5 Å². The Morgan fingerprint density at radius 1 is 0.885 bits per heavy atom. The van der Waals surface area contributed by atoms with Crippen LogP contribution < -0.4 is 0 Å². The van der Waals surface area contributed by atoms with Gasteiger partial charge in [0.25, 0.3) is 11.8 Å². The zero-order valence-electron chi connectivity index (χ0n) is 13.7. The van der Waals surface area contributed by atoms with Gasteiger partial charge in [-0.1, -0.05) is 29.8 Å². The van der Waals surface area contributed by atoms with Crippen molar-refractivity contribution in [2.24, 2.45) is 0 Å².